The molecule has 0 rings (SSSR count). The summed E-state index contributed by atoms with van der Waals surface area (Å²) >= 11 is 0. The second kappa shape index (κ2) is 43.7. The molecule has 0 aromatic heterocycles. The number of carboxylic acids is 1. The van der Waals surface area contributed by atoms with Crippen LogP contribution in [0.15, 0.2) is 72.9 Å². The third kappa shape index (κ3) is 42.8. The highest BCUT2D eigenvalue weighted by molar-refractivity contribution is 7.47. The Morgan fingerprint density at radius 3 is 1.66 bits per heavy atom. The van der Waals surface area contributed by atoms with Crippen molar-refractivity contribution in [2.45, 2.75) is 205 Å². The quantitative estimate of drug-likeness (QED) is 0.0127. The van der Waals surface area contributed by atoms with E-state index in [1.807, 2.05) is 49.5 Å². The molecule has 0 spiro atoms. The molecule has 14 heteroatoms. The first-order valence-corrected chi connectivity index (χ1v) is 25.7. The lowest BCUT2D eigenvalue weighted by molar-refractivity contribution is -0.161. The minimum Gasteiger partial charge on any atom is -0.480 e. The maximum atomic E-state index is 12.7. The van der Waals surface area contributed by atoms with Gasteiger partial charge in [-0.05, 0) is 38.5 Å². The molecule has 0 aliphatic rings. The van der Waals surface area contributed by atoms with E-state index in [4.69, 9.17) is 24.8 Å². The largest absolute Gasteiger partial charge is 0.480 e. The van der Waals surface area contributed by atoms with E-state index in [1.54, 1.807) is 30.4 Å². The van der Waals surface area contributed by atoms with Gasteiger partial charge in [0.2, 0.25) is 0 Å². The summed E-state index contributed by atoms with van der Waals surface area (Å²) in [5.74, 6) is -2.59. The summed E-state index contributed by atoms with van der Waals surface area (Å²) in [7, 11) is -4.78. The van der Waals surface area contributed by atoms with Crippen LogP contribution in [-0.2, 0) is 37.5 Å². The number of unbranched alkanes of at least 4 members (excludes halogenated alkanes) is 19. The number of aliphatic hydroxyl groups excluding tert-OH is 2. The molecule has 0 aromatic rings. The lowest BCUT2D eigenvalue weighted by Crippen LogP contribution is -2.34. The second-order valence-corrected chi connectivity index (χ2v) is 17.7. The molecule has 368 valence electrons. The van der Waals surface area contributed by atoms with Crippen LogP contribution in [0.25, 0.3) is 0 Å². The minimum absolute atomic E-state index is 0.0266. The molecule has 0 fully saturated rings. The van der Waals surface area contributed by atoms with Crippen LogP contribution in [0.2, 0.25) is 0 Å². The molecule has 1 unspecified atom stereocenters. The number of hydrogen-bond acceptors (Lipinski definition) is 11. The lowest BCUT2D eigenvalue weighted by Gasteiger charge is -2.20. The zero-order valence-corrected chi connectivity index (χ0v) is 40.2. The SMILES string of the molecule is CC/C=C\C[C@H](O)/C=C/C=C\C/C=C\C=C\[C@H](O)/C=C\CCCC(=O)O[C@H](COC(=O)CCCCCCCCCCCCCCCCCCCCC)COP(=O)(O)OC[C@H](N)C(=O)O. The predicted molar refractivity (Wildman–Crippen MR) is 256 cm³/mol. The van der Waals surface area contributed by atoms with Gasteiger partial charge in [0.15, 0.2) is 6.10 Å². The average Bonchev–Trinajstić information content (AvgIpc) is 3.26. The van der Waals surface area contributed by atoms with E-state index >= 15 is 0 Å². The summed E-state index contributed by atoms with van der Waals surface area (Å²) in [5, 5.41) is 28.9. The summed E-state index contributed by atoms with van der Waals surface area (Å²) in [5.41, 5.74) is 5.33. The molecule has 6 N–H and O–H groups in total. The summed E-state index contributed by atoms with van der Waals surface area (Å²) < 4.78 is 32.6. The third-order valence-electron chi connectivity index (χ3n) is 10.1. The van der Waals surface area contributed by atoms with Crippen LogP contribution in [0.1, 0.15) is 181 Å². The molecule has 0 radical (unpaired) electrons. The Bertz CT molecular complexity index is 1390. The van der Waals surface area contributed by atoms with Crippen LogP contribution >= 0.6 is 7.82 Å². The molecule has 64 heavy (non-hydrogen) atoms. The maximum absolute atomic E-state index is 12.7. The van der Waals surface area contributed by atoms with E-state index in [-0.39, 0.29) is 12.8 Å². The molecule has 5 atom stereocenters. The van der Waals surface area contributed by atoms with Crippen molar-refractivity contribution in [2.75, 3.05) is 19.8 Å². The van der Waals surface area contributed by atoms with Gasteiger partial charge in [-0.2, -0.15) is 0 Å². The number of nitrogens with two attached hydrogens (primary N) is 1. The van der Waals surface area contributed by atoms with Gasteiger partial charge in [0.1, 0.15) is 12.6 Å². The number of aliphatic carboxylic acids is 1. The number of phosphoric ester groups is 1. The van der Waals surface area contributed by atoms with Gasteiger partial charge in [-0.15, -0.1) is 0 Å². The Morgan fingerprint density at radius 1 is 0.594 bits per heavy atom. The Balaban J connectivity index is 4.52. The van der Waals surface area contributed by atoms with Gasteiger partial charge in [-0.3, -0.25) is 23.4 Å². The van der Waals surface area contributed by atoms with Crippen molar-refractivity contribution in [3.63, 3.8) is 0 Å². The van der Waals surface area contributed by atoms with Gasteiger partial charge in [0.05, 0.1) is 25.4 Å². The molecular weight excluding hydrogens is 838 g/mol. The van der Waals surface area contributed by atoms with Crippen LogP contribution in [0.4, 0.5) is 0 Å². The summed E-state index contributed by atoms with van der Waals surface area (Å²) in [4.78, 5) is 46.1. The highest BCUT2D eigenvalue weighted by atomic mass is 31.2. The molecule has 0 bridgehead atoms. The smallest absolute Gasteiger partial charge is 0.472 e. The van der Waals surface area contributed by atoms with Gasteiger partial charge in [-0.25, -0.2) is 4.57 Å². The molecule has 0 aromatic carbocycles. The van der Waals surface area contributed by atoms with E-state index in [9.17, 15) is 34.1 Å². The monoisotopic (exact) mass is 924 g/mol. The maximum Gasteiger partial charge on any atom is 0.472 e. The number of carbonyl (C=O) groups excluding carboxylic acids is 2. The highest BCUT2D eigenvalue weighted by Crippen LogP contribution is 2.43. The Kier molecular flexibility index (Phi) is 41.6. The van der Waals surface area contributed by atoms with Crippen LogP contribution < -0.4 is 5.73 Å². The lowest BCUT2D eigenvalue weighted by atomic mass is 10.0. The zero-order valence-electron chi connectivity index (χ0n) is 39.3. The number of aliphatic hydroxyl groups is 2. The third-order valence-corrected chi connectivity index (χ3v) is 11.1. The number of ether oxygens (including phenoxy) is 2. The Morgan fingerprint density at radius 2 is 1.11 bits per heavy atom. The van der Waals surface area contributed by atoms with E-state index in [1.165, 1.54) is 96.3 Å². The molecule has 13 nitrogen and oxygen atoms in total. The second-order valence-electron chi connectivity index (χ2n) is 16.3. The molecule has 0 aliphatic heterocycles. The van der Waals surface area contributed by atoms with Crippen LogP contribution in [0.5, 0.6) is 0 Å². The van der Waals surface area contributed by atoms with Gasteiger partial charge in [0, 0.05) is 12.8 Å². The number of hydrogen-bond donors (Lipinski definition) is 5. The molecular formula is C50H86NO12P. The summed E-state index contributed by atoms with van der Waals surface area (Å²) in [6, 6.07) is -1.56. The number of carboxylic acid groups (broad SMARTS) is 1. The van der Waals surface area contributed by atoms with E-state index < -0.39 is 69.9 Å². The number of carbonyl (C=O) groups is 3. The molecule has 0 aliphatic carbocycles. The first kappa shape index (κ1) is 60.8. The normalized spacial score (nSPS) is 15.2. The zero-order chi connectivity index (χ0) is 47.4. The highest BCUT2D eigenvalue weighted by Gasteiger charge is 2.28. The van der Waals surface area contributed by atoms with Crippen molar-refractivity contribution in [3.8, 4) is 0 Å². The number of phosphoric acid groups is 1. The van der Waals surface area contributed by atoms with Gasteiger partial charge < -0.3 is 35.4 Å². The van der Waals surface area contributed by atoms with Crippen molar-refractivity contribution in [1.82, 2.24) is 0 Å². The van der Waals surface area contributed by atoms with Crippen LogP contribution in [-0.4, -0.2) is 82.3 Å². The van der Waals surface area contributed by atoms with Crippen LogP contribution in [0, 0.1) is 0 Å². The van der Waals surface area contributed by atoms with Gasteiger partial charge in [0.25, 0.3) is 0 Å². The minimum atomic E-state index is -4.78. The van der Waals surface area contributed by atoms with Crippen molar-refractivity contribution >= 4 is 25.7 Å². The Labute approximate surface area is 385 Å². The average molecular weight is 924 g/mol. The van der Waals surface area contributed by atoms with Crippen molar-refractivity contribution < 1.29 is 57.7 Å². The number of rotatable bonds is 44. The first-order chi connectivity index (χ1) is 30.9. The van der Waals surface area contributed by atoms with E-state index in [0.717, 1.165) is 25.7 Å². The molecule has 0 saturated heterocycles. The fourth-order valence-corrected chi connectivity index (χ4v) is 7.11. The summed E-state index contributed by atoms with van der Waals surface area (Å²) in [6.45, 7) is 2.44. The fourth-order valence-electron chi connectivity index (χ4n) is 6.34. The van der Waals surface area contributed by atoms with Crippen LogP contribution in [0.3, 0.4) is 0 Å². The summed E-state index contributed by atoms with van der Waals surface area (Å²) in [6.07, 6.45) is 46.1. The van der Waals surface area contributed by atoms with E-state index in [0.29, 0.717) is 32.1 Å². The first-order valence-electron chi connectivity index (χ1n) is 24.2. The van der Waals surface area contributed by atoms with Gasteiger partial charge in [-0.1, -0.05) is 202 Å². The van der Waals surface area contributed by atoms with Crippen molar-refractivity contribution in [2.24, 2.45) is 5.73 Å². The van der Waals surface area contributed by atoms with Gasteiger partial charge >= 0.3 is 25.7 Å². The topological polar surface area (TPSA) is 212 Å². The van der Waals surface area contributed by atoms with E-state index in [2.05, 4.69) is 11.4 Å². The van der Waals surface area contributed by atoms with Crippen molar-refractivity contribution in [1.29, 1.82) is 0 Å². The van der Waals surface area contributed by atoms with Crippen molar-refractivity contribution in [3.05, 3.63) is 72.9 Å². The standard InChI is InChI=1S/C50H86NO12P/c1-3-5-7-8-9-10-11-12-13-14-15-16-17-18-19-20-24-27-33-39-48(54)60-41-46(42-61-64(58,59)62-43-47(51)50(56)57)63-49(55)40-34-28-32-38-45(53)37-31-26-23-21-22-25-30-36-44(52)35-29-6-4-2/h6,22-23,25-26,29-32,36-38,44-47,52-53H,3-5,7-21,24,27-28,33-35,39-43,51H2,1-2H3,(H,56,57)(H,58,59)/b25-22-,26-23-,29-6-,36-30+,37-31+,38-32-/t44-,45-,46+,47-/m0/s1. The fraction of sp³-hybridized carbons (Fsp3) is 0.700. The number of esters is 2. The number of allylic oxidation sites excluding steroid dienone is 8. The molecule has 0 saturated carbocycles. The Hall–Kier alpha value is -3.16. The molecule has 0 heterocycles. The predicted octanol–water partition coefficient (Wildman–Crippen LogP) is 11.2. The molecule has 0 amide bonds.